The minimum absolute atomic E-state index is 0.0378. The number of fused-ring (bicyclic) bond motifs is 3. The van der Waals surface area contributed by atoms with Gasteiger partial charge in [-0.25, -0.2) is 0 Å². The van der Waals surface area contributed by atoms with Crippen molar-refractivity contribution in [3.8, 4) is 0 Å². The van der Waals surface area contributed by atoms with E-state index in [4.69, 9.17) is 0 Å². The molecule has 1 N–H and O–H groups in total. The molecule has 0 saturated carbocycles. The second-order valence-corrected chi connectivity index (χ2v) is 7.27. The molecule has 0 bridgehead atoms. The van der Waals surface area contributed by atoms with E-state index >= 15 is 0 Å². The Morgan fingerprint density at radius 2 is 2.00 bits per heavy atom. The van der Waals surface area contributed by atoms with Gasteiger partial charge in [0.05, 0.1) is 16.5 Å². The molecule has 116 valence electrons. The Morgan fingerprint density at radius 1 is 1.17 bits per heavy atom. The maximum Gasteiger partial charge on any atom is 0.274 e. The quantitative estimate of drug-likeness (QED) is 0.322. The molecule has 1 heterocycles. The molecule has 0 fully saturated rings. The van der Waals surface area contributed by atoms with Crippen LogP contribution in [0.25, 0.3) is 0 Å². The van der Waals surface area contributed by atoms with Crippen LogP contribution in [0, 0.1) is 19.6 Å². The van der Waals surface area contributed by atoms with E-state index in [-0.39, 0.29) is 16.7 Å². The Morgan fingerprint density at radius 3 is 2.83 bits per heavy atom. The fourth-order valence-corrected chi connectivity index (χ4v) is 4.31. The van der Waals surface area contributed by atoms with Gasteiger partial charge in [0, 0.05) is 21.2 Å². The van der Waals surface area contributed by atoms with Crippen molar-refractivity contribution in [2.24, 2.45) is 5.92 Å². The number of nitrogens with zero attached hydrogens (tertiary/aromatic N) is 1. The molecule has 0 radical (unpaired) electrons. The maximum atomic E-state index is 11.4. The van der Waals surface area contributed by atoms with Gasteiger partial charge < -0.3 is 5.32 Å². The Balaban J connectivity index is 1.83. The lowest BCUT2D eigenvalue weighted by atomic mass is 9.77. The van der Waals surface area contributed by atoms with Gasteiger partial charge in [0.2, 0.25) is 0 Å². The molecule has 1 aliphatic heterocycles. The zero-order valence-corrected chi connectivity index (χ0v) is 14.4. The number of allylic oxidation sites excluding steroid dienone is 2. The number of halogens is 1. The molecule has 3 atom stereocenters. The van der Waals surface area contributed by atoms with E-state index in [2.05, 4.69) is 58.3 Å². The zero-order chi connectivity index (χ0) is 16.0. The van der Waals surface area contributed by atoms with E-state index in [1.807, 2.05) is 12.1 Å². The first-order chi connectivity index (χ1) is 11.1. The molecule has 2 aromatic carbocycles. The van der Waals surface area contributed by atoms with Crippen molar-refractivity contribution < 1.29 is 4.92 Å². The van der Waals surface area contributed by atoms with E-state index < -0.39 is 0 Å². The molecule has 23 heavy (non-hydrogen) atoms. The fraction of sp³-hybridized carbons (Fsp3) is 0.222. The number of para-hydroxylation sites is 1. The summed E-state index contributed by atoms with van der Waals surface area (Å²) in [5.41, 5.74) is 3.36. The minimum Gasteiger partial charge on any atom is -0.377 e. The van der Waals surface area contributed by atoms with Crippen molar-refractivity contribution in [1.82, 2.24) is 0 Å². The summed E-state index contributed by atoms with van der Waals surface area (Å²) in [4.78, 5) is 11.1. The number of anilines is 1. The van der Waals surface area contributed by atoms with Crippen molar-refractivity contribution >= 4 is 34.0 Å². The predicted octanol–water partition coefficient (Wildman–Crippen LogP) is 5.03. The van der Waals surface area contributed by atoms with Crippen molar-refractivity contribution in [3.05, 3.63) is 79.4 Å². The molecular formula is C18H15IN2O2. The normalized spacial score (nSPS) is 24.7. The largest absolute Gasteiger partial charge is 0.377 e. The highest BCUT2D eigenvalue weighted by Gasteiger charge is 2.40. The summed E-state index contributed by atoms with van der Waals surface area (Å²) in [5.74, 6) is 0.646. The summed E-state index contributed by atoms with van der Waals surface area (Å²) >= 11 is 2.33. The SMILES string of the molecule is O=[N+]([O-])c1ccccc1[C@@H]1Nc2ccc(I)cc2[C@@H]2C=CC[C@@H]21. The Hall–Kier alpha value is -1.89. The van der Waals surface area contributed by atoms with Crippen LogP contribution in [0.4, 0.5) is 11.4 Å². The van der Waals surface area contributed by atoms with Crippen LogP contribution in [-0.2, 0) is 0 Å². The van der Waals surface area contributed by atoms with Crippen molar-refractivity contribution in [1.29, 1.82) is 0 Å². The first kappa shape index (κ1) is 14.7. The number of nitro groups is 1. The van der Waals surface area contributed by atoms with Crippen LogP contribution in [0.1, 0.15) is 29.5 Å². The Kier molecular flexibility index (Phi) is 3.60. The third-order valence-corrected chi connectivity index (χ3v) is 5.46. The second-order valence-electron chi connectivity index (χ2n) is 6.02. The van der Waals surface area contributed by atoms with Gasteiger partial charge in [0.1, 0.15) is 0 Å². The fourth-order valence-electron chi connectivity index (χ4n) is 3.79. The Labute approximate surface area is 147 Å². The van der Waals surface area contributed by atoms with Crippen LogP contribution in [0.5, 0.6) is 0 Å². The highest BCUT2D eigenvalue weighted by molar-refractivity contribution is 14.1. The summed E-state index contributed by atoms with van der Waals surface area (Å²) in [7, 11) is 0. The number of benzene rings is 2. The van der Waals surface area contributed by atoms with E-state index in [0.29, 0.717) is 11.8 Å². The van der Waals surface area contributed by atoms with Gasteiger partial charge in [-0.1, -0.05) is 30.4 Å². The van der Waals surface area contributed by atoms with Gasteiger partial charge >= 0.3 is 0 Å². The van der Waals surface area contributed by atoms with Crippen LogP contribution in [0.2, 0.25) is 0 Å². The average Bonchev–Trinajstić information content (AvgIpc) is 3.04. The summed E-state index contributed by atoms with van der Waals surface area (Å²) in [6.45, 7) is 0. The monoisotopic (exact) mass is 418 g/mol. The molecular weight excluding hydrogens is 403 g/mol. The van der Waals surface area contributed by atoms with Gasteiger partial charge in [-0.2, -0.15) is 0 Å². The molecule has 2 aromatic rings. The molecule has 2 aliphatic rings. The molecule has 4 nitrogen and oxygen atoms in total. The predicted molar refractivity (Wildman–Crippen MR) is 98.6 cm³/mol. The number of hydrogen-bond acceptors (Lipinski definition) is 3. The molecule has 0 aromatic heterocycles. The highest BCUT2D eigenvalue weighted by Crippen LogP contribution is 2.51. The van der Waals surface area contributed by atoms with E-state index in [1.54, 1.807) is 12.1 Å². The van der Waals surface area contributed by atoms with E-state index in [1.165, 1.54) is 9.13 Å². The smallest absolute Gasteiger partial charge is 0.274 e. The number of rotatable bonds is 2. The average molecular weight is 418 g/mol. The molecule has 0 amide bonds. The van der Waals surface area contributed by atoms with Crippen molar-refractivity contribution in [2.45, 2.75) is 18.4 Å². The summed E-state index contributed by atoms with van der Waals surface area (Å²) in [6, 6.07) is 13.4. The van der Waals surface area contributed by atoms with Crippen LogP contribution in [-0.4, -0.2) is 4.92 Å². The third kappa shape index (κ3) is 2.43. The molecule has 0 saturated heterocycles. The number of nitro benzene ring substituents is 1. The molecule has 0 spiro atoms. The first-order valence-corrected chi connectivity index (χ1v) is 8.69. The zero-order valence-electron chi connectivity index (χ0n) is 12.3. The lowest BCUT2D eigenvalue weighted by Gasteiger charge is -2.37. The summed E-state index contributed by atoms with van der Waals surface area (Å²) in [6.07, 6.45) is 5.40. The molecule has 4 rings (SSSR count). The third-order valence-electron chi connectivity index (χ3n) is 4.79. The van der Waals surface area contributed by atoms with Crippen molar-refractivity contribution in [2.75, 3.05) is 5.32 Å². The lowest BCUT2D eigenvalue weighted by Crippen LogP contribution is -2.29. The van der Waals surface area contributed by atoms with Gasteiger partial charge in [0.15, 0.2) is 0 Å². The summed E-state index contributed by atoms with van der Waals surface area (Å²) in [5, 5.41) is 15.0. The van der Waals surface area contributed by atoms with Gasteiger partial charge in [-0.15, -0.1) is 0 Å². The van der Waals surface area contributed by atoms with Gasteiger partial charge in [-0.05, 0) is 58.7 Å². The van der Waals surface area contributed by atoms with Crippen LogP contribution in [0.3, 0.4) is 0 Å². The van der Waals surface area contributed by atoms with Crippen molar-refractivity contribution in [3.63, 3.8) is 0 Å². The van der Waals surface area contributed by atoms with Crippen LogP contribution < -0.4 is 5.32 Å². The lowest BCUT2D eigenvalue weighted by molar-refractivity contribution is -0.385. The minimum atomic E-state index is -0.280. The van der Waals surface area contributed by atoms with E-state index in [0.717, 1.165) is 17.7 Å². The maximum absolute atomic E-state index is 11.4. The number of hydrogen-bond donors (Lipinski definition) is 1. The molecule has 1 aliphatic carbocycles. The first-order valence-electron chi connectivity index (χ1n) is 7.61. The van der Waals surface area contributed by atoms with E-state index in [9.17, 15) is 10.1 Å². The topological polar surface area (TPSA) is 55.2 Å². The van der Waals surface area contributed by atoms with Crippen LogP contribution in [0.15, 0.2) is 54.6 Å². The van der Waals surface area contributed by atoms with Crippen LogP contribution >= 0.6 is 22.6 Å². The highest BCUT2D eigenvalue weighted by atomic mass is 127. The Bertz CT molecular complexity index is 818. The van der Waals surface area contributed by atoms with Gasteiger partial charge in [0.25, 0.3) is 5.69 Å². The molecule has 5 heteroatoms. The second kappa shape index (κ2) is 5.63. The molecule has 0 unspecified atom stereocenters. The summed E-state index contributed by atoms with van der Waals surface area (Å²) < 4.78 is 1.21. The standard InChI is InChI=1S/C18H15IN2O2/c19-11-8-9-16-15(10-11)12-5-3-6-13(12)18(20-16)14-4-1-2-7-17(14)21(22)23/h1-5,7-10,12-13,18,20H,6H2/t12-,13+,18-/m1/s1. The number of nitrogens with one attached hydrogen (secondary N) is 1. The van der Waals surface area contributed by atoms with Gasteiger partial charge in [-0.3, -0.25) is 10.1 Å².